The van der Waals surface area contributed by atoms with Crippen LogP contribution in [0.2, 0.25) is 0 Å². The van der Waals surface area contributed by atoms with E-state index >= 15 is 0 Å². The van der Waals surface area contributed by atoms with Gasteiger partial charge in [-0.05, 0) is 18.6 Å². The van der Waals surface area contributed by atoms with Crippen LogP contribution in [0.3, 0.4) is 0 Å². The summed E-state index contributed by atoms with van der Waals surface area (Å²) in [7, 11) is 0. The zero-order valence-electron chi connectivity index (χ0n) is 35.2. The monoisotopic (exact) mass is 880 g/mol. The third-order valence-electron chi connectivity index (χ3n) is 9.11. The minimum absolute atomic E-state index is 0.0599. The van der Waals surface area contributed by atoms with Gasteiger partial charge >= 0.3 is 0 Å². The predicted molar refractivity (Wildman–Crippen MR) is 216 cm³/mol. The van der Waals surface area contributed by atoms with Crippen LogP contribution in [-0.2, 0) is 71.3 Å². The molecule has 0 aliphatic carbocycles. The number of amides is 6. The molecule has 21 nitrogen and oxygen atoms in total. The molecule has 62 heavy (non-hydrogen) atoms. The summed E-state index contributed by atoms with van der Waals surface area (Å²) >= 11 is 0. The van der Waals surface area contributed by atoms with Gasteiger partial charge in [-0.1, -0.05) is 6.07 Å². The Morgan fingerprint density at radius 2 is 0.919 bits per heavy atom. The van der Waals surface area contributed by atoms with Gasteiger partial charge in [-0.3, -0.25) is 43.9 Å². The van der Waals surface area contributed by atoms with E-state index in [1.165, 1.54) is 12.2 Å². The Labute approximate surface area is 360 Å². The van der Waals surface area contributed by atoms with E-state index in [1.807, 2.05) is 0 Å². The number of carbonyl (C=O) groups is 6. The number of hydrogen-bond acceptors (Lipinski definition) is 18. The van der Waals surface area contributed by atoms with Crippen molar-refractivity contribution in [3.8, 4) is 0 Å². The number of fused-ring (bicyclic) bond motifs is 1. The number of nitrogens with zero attached hydrogens (tertiary/aromatic N) is 2. The highest BCUT2D eigenvalue weighted by Crippen LogP contribution is 2.32. The van der Waals surface area contributed by atoms with Gasteiger partial charge in [0.25, 0.3) is 23.6 Å². The lowest BCUT2D eigenvalue weighted by atomic mass is 10.0. The summed E-state index contributed by atoms with van der Waals surface area (Å²) in [6, 6.07) is 3.88. The van der Waals surface area contributed by atoms with Crippen molar-refractivity contribution in [2.75, 3.05) is 164 Å². The number of imide groups is 3. The van der Waals surface area contributed by atoms with Crippen molar-refractivity contribution in [1.82, 2.24) is 15.1 Å². The molecule has 1 aromatic rings. The molecule has 1 aromatic carbocycles. The first kappa shape index (κ1) is 50.4. The van der Waals surface area contributed by atoms with Crippen LogP contribution in [0.1, 0.15) is 33.6 Å². The van der Waals surface area contributed by atoms with Gasteiger partial charge in [0.2, 0.25) is 11.8 Å². The minimum atomic E-state index is -1.02. The van der Waals surface area contributed by atoms with E-state index in [2.05, 4.69) is 10.6 Å². The van der Waals surface area contributed by atoms with Crippen molar-refractivity contribution >= 4 is 41.1 Å². The second kappa shape index (κ2) is 30.7. The van der Waals surface area contributed by atoms with Gasteiger partial charge in [0.05, 0.1) is 163 Å². The highest BCUT2D eigenvalue weighted by Gasteiger charge is 2.45. The maximum Gasteiger partial charge on any atom is 0.264 e. The van der Waals surface area contributed by atoms with E-state index < -0.39 is 29.7 Å². The molecule has 346 valence electrons. The van der Waals surface area contributed by atoms with E-state index in [0.717, 1.165) is 9.80 Å². The molecule has 1 saturated heterocycles. The third-order valence-corrected chi connectivity index (χ3v) is 9.11. The molecule has 0 saturated carbocycles. The average Bonchev–Trinajstić information content (AvgIpc) is 3.72. The molecule has 6 amide bonds. The van der Waals surface area contributed by atoms with Gasteiger partial charge in [0, 0.05) is 30.8 Å². The first-order valence-electron chi connectivity index (χ1n) is 20.9. The fraction of sp³-hybridized carbons (Fsp3) is 0.659. The van der Waals surface area contributed by atoms with Crippen molar-refractivity contribution in [3.63, 3.8) is 0 Å². The van der Waals surface area contributed by atoms with Gasteiger partial charge in [-0.25, -0.2) is 0 Å². The molecule has 0 aromatic heterocycles. The molecule has 1 fully saturated rings. The van der Waals surface area contributed by atoms with Crippen molar-refractivity contribution < 1.29 is 80.9 Å². The first-order valence-corrected chi connectivity index (χ1v) is 20.9. The lowest BCUT2D eigenvalue weighted by Crippen LogP contribution is -2.54. The van der Waals surface area contributed by atoms with Gasteiger partial charge < -0.3 is 57.4 Å². The number of benzene rings is 1. The Morgan fingerprint density at radius 3 is 1.34 bits per heavy atom. The highest BCUT2D eigenvalue weighted by atomic mass is 16.6. The van der Waals surface area contributed by atoms with E-state index in [9.17, 15) is 28.8 Å². The van der Waals surface area contributed by atoms with Crippen LogP contribution in [0.15, 0.2) is 30.4 Å². The van der Waals surface area contributed by atoms with Crippen LogP contribution in [0.25, 0.3) is 0 Å². The SMILES string of the molecule is O=C1CCC(N2C(=O)c3cccc(NCCOCCOCCOCCOCCOCCOCCOCCOCCOCCOCCOCCN4C(=O)C=CC4=O)c3C2=O)C(=O)N1. The van der Waals surface area contributed by atoms with Crippen molar-refractivity contribution in [3.05, 3.63) is 41.5 Å². The molecule has 3 aliphatic rings. The molecule has 3 heterocycles. The van der Waals surface area contributed by atoms with E-state index in [0.29, 0.717) is 151 Å². The quantitative estimate of drug-likeness (QED) is 0.0636. The number of carbonyl (C=O) groups excluding carboxylic acids is 6. The smallest absolute Gasteiger partial charge is 0.264 e. The number of piperidine rings is 1. The number of nitrogens with one attached hydrogen (secondary N) is 2. The van der Waals surface area contributed by atoms with Crippen LogP contribution in [0, 0.1) is 0 Å². The summed E-state index contributed by atoms with van der Waals surface area (Å²) in [4.78, 5) is 74.9. The summed E-state index contributed by atoms with van der Waals surface area (Å²) in [5, 5.41) is 5.32. The van der Waals surface area contributed by atoms with Gasteiger partial charge in [-0.2, -0.15) is 0 Å². The molecule has 1 unspecified atom stereocenters. The van der Waals surface area contributed by atoms with Crippen molar-refractivity contribution in [2.24, 2.45) is 0 Å². The van der Waals surface area contributed by atoms with E-state index in [1.54, 1.807) is 18.2 Å². The number of hydrogen-bond donors (Lipinski definition) is 2. The molecule has 21 heteroatoms. The third kappa shape index (κ3) is 18.6. The van der Waals surface area contributed by atoms with Crippen LogP contribution < -0.4 is 10.6 Å². The second-order valence-corrected chi connectivity index (χ2v) is 13.5. The second-order valence-electron chi connectivity index (χ2n) is 13.5. The van der Waals surface area contributed by atoms with Crippen LogP contribution >= 0.6 is 0 Å². The highest BCUT2D eigenvalue weighted by molar-refractivity contribution is 6.25. The van der Waals surface area contributed by atoms with Crippen LogP contribution in [0.4, 0.5) is 5.69 Å². The van der Waals surface area contributed by atoms with Crippen LogP contribution in [-0.4, -0.2) is 210 Å². The summed E-state index contributed by atoms with van der Waals surface area (Å²) < 4.78 is 60.3. The molecule has 0 spiro atoms. The molecule has 0 bridgehead atoms. The molecule has 0 radical (unpaired) electrons. The normalized spacial score (nSPS) is 16.3. The Balaban J connectivity index is 0.803. The zero-order chi connectivity index (χ0) is 44.0. The fourth-order valence-corrected chi connectivity index (χ4v) is 6.03. The van der Waals surface area contributed by atoms with Crippen molar-refractivity contribution in [1.29, 1.82) is 0 Å². The zero-order valence-corrected chi connectivity index (χ0v) is 35.2. The molecule has 1 atom stereocenters. The van der Waals surface area contributed by atoms with Crippen molar-refractivity contribution in [2.45, 2.75) is 18.9 Å². The van der Waals surface area contributed by atoms with Gasteiger partial charge in [0.1, 0.15) is 6.04 Å². The maximum absolute atomic E-state index is 13.2. The standard InChI is InChI=1S/C41H60N4O17/c46-35-5-4-34(39(49)43-35)45-40(50)32-2-1-3-33(38(32)41(45)51)42-8-10-52-12-14-54-16-18-56-20-22-58-24-26-60-28-30-62-31-29-61-27-25-59-23-21-57-19-17-55-15-13-53-11-9-44-36(47)6-7-37(44)48/h1-3,6-7,34,42H,4-5,8-31H2,(H,43,46,49). The molecule has 2 N–H and O–H groups in total. The van der Waals surface area contributed by atoms with Gasteiger partial charge in [0.15, 0.2) is 0 Å². The Kier molecular flexibility index (Phi) is 25.0. The number of ether oxygens (including phenoxy) is 11. The summed E-state index contributed by atoms with van der Waals surface area (Å²) in [6.45, 7) is 9.76. The Morgan fingerprint density at radius 1 is 0.516 bits per heavy atom. The number of rotatable bonds is 38. The molecule has 4 rings (SSSR count). The minimum Gasteiger partial charge on any atom is -0.382 e. The topological polar surface area (TPSA) is 234 Å². The van der Waals surface area contributed by atoms with E-state index in [4.69, 9.17) is 52.1 Å². The lowest BCUT2D eigenvalue weighted by molar-refractivity contribution is -0.138. The summed E-state index contributed by atoms with van der Waals surface area (Å²) in [5.41, 5.74) is 0.888. The molecule has 3 aliphatic heterocycles. The first-order chi connectivity index (χ1) is 30.4. The molecular formula is C41H60N4O17. The Hall–Kier alpha value is -4.26. The maximum atomic E-state index is 13.2. The number of anilines is 1. The largest absolute Gasteiger partial charge is 0.382 e. The lowest BCUT2D eigenvalue weighted by Gasteiger charge is -2.27. The average molecular weight is 881 g/mol. The van der Waals surface area contributed by atoms with Crippen LogP contribution in [0.5, 0.6) is 0 Å². The van der Waals surface area contributed by atoms with E-state index in [-0.39, 0.29) is 48.9 Å². The fourth-order valence-electron chi connectivity index (χ4n) is 6.03. The predicted octanol–water partition coefficient (Wildman–Crippen LogP) is -0.393. The van der Waals surface area contributed by atoms with Gasteiger partial charge in [-0.15, -0.1) is 0 Å². The Bertz CT molecular complexity index is 1560. The summed E-state index contributed by atoms with van der Waals surface area (Å²) in [6.07, 6.45) is 2.65. The molecular weight excluding hydrogens is 820 g/mol. The summed E-state index contributed by atoms with van der Waals surface area (Å²) in [5.74, 6) is -2.83.